The number of ether oxygens (including phenoxy) is 2. The highest BCUT2D eigenvalue weighted by atomic mass is 32.2. The lowest BCUT2D eigenvalue weighted by Crippen LogP contribution is -2.42. The number of carbonyl (C=O) groups is 3. The van der Waals surface area contributed by atoms with Crippen LogP contribution in [0.1, 0.15) is 31.2 Å². The lowest BCUT2D eigenvalue weighted by Gasteiger charge is -2.23. The fourth-order valence-electron chi connectivity index (χ4n) is 4.03. The zero-order valence-electron chi connectivity index (χ0n) is 18.2. The number of likely N-dealkylation sites (tertiary alicyclic amines) is 1. The molecule has 1 aromatic rings. The van der Waals surface area contributed by atoms with E-state index in [9.17, 15) is 36.0 Å². The quantitative estimate of drug-likeness (QED) is 0.414. The van der Waals surface area contributed by atoms with Gasteiger partial charge in [-0.25, -0.2) is 13.2 Å². The highest BCUT2D eigenvalue weighted by Gasteiger charge is 2.48. The second-order valence-corrected chi connectivity index (χ2v) is 11.5. The number of halogens is 3. The fraction of sp³-hybridized carbons (Fsp3) is 0.571. The standard InChI is InChI=1S/C21H24F3NO7S2/c1-31-20(28)16-10-14(34(29,30)17-5-3-2-4-15(17)21(22,23)24)12-25(16)18(26)11-19(27)33-13-6-8-32-9-7-13/h2-5,13-14,16H,6-12H2,1H3. The van der Waals surface area contributed by atoms with Crippen LogP contribution >= 0.6 is 11.8 Å². The topological polar surface area (TPSA) is 107 Å². The second kappa shape index (κ2) is 10.6. The third-order valence-electron chi connectivity index (χ3n) is 5.76. The molecule has 2 heterocycles. The van der Waals surface area contributed by atoms with E-state index in [1.807, 2.05) is 0 Å². The zero-order chi connectivity index (χ0) is 25.1. The minimum absolute atomic E-state index is 0.00368. The Kier molecular flexibility index (Phi) is 8.30. The number of amides is 1. The molecule has 1 amide bonds. The molecule has 2 fully saturated rings. The van der Waals surface area contributed by atoms with Gasteiger partial charge >= 0.3 is 12.1 Å². The van der Waals surface area contributed by atoms with E-state index in [1.165, 1.54) is 6.07 Å². The summed E-state index contributed by atoms with van der Waals surface area (Å²) in [6.45, 7) is 0.491. The Bertz CT molecular complexity index is 1040. The number of benzene rings is 1. The van der Waals surface area contributed by atoms with Crippen LogP contribution < -0.4 is 0 Å². The van der Waals surface area contributed by atoms with Gasteiger partial charge in [0.2, 0.25) is 5.91 Å². The molecule has 2 aliphatic heterocycles. The van der Waals surface area contributed by atoms with Crippen molar-refractivity contribution in [3.8, 4) is 0 Å². The van der Waals surface area contributed by atoms with Gasteiger partial charge in [-0.1, -0.05) is 23.9 Å². The number of carbonyl (C=O) groups excluding carboxylic acids is 3. The summed E-state index contributed by atoms with van der Waals surface area (Å²) in [5.74, 6) is -1.68. The molecule has 0 N–H and O–H groups in total. The Morgan fingerprint density at radius 1 is 1.18 bits per heavy atom. The van der Waals surface area contributed by atoms with Gasteiger partial charge in [0.15, 0.2) is 15.0 Å². The number of hydrogen-bond donors (Lipinski definition) is 0. The maximum Gasteiger partial charge on any atom is 0.417 e. The smallest absolute Gasteiger partial charge is 0.417 e. The number of thioether (sulfide) groups is 1. The number of rotatable bonds is 6. The minimum atomic E-state index is -4.91. The summed E-state index contributed by atoms with van der Waals surface area (Å²) >= 11 is 1.01. The monoisotopic (exact) mass is 523 g/mol. The lowest BCUT2D eigenvalue weighted by molar-refractivity contribution is -0.151. The van der Waals surface area contributed by atoms with Crippen molar-refractivity contribution in [2.45, 2.75) is 53.3 Å². The first-order valence-electron chi connectivity index (χ1n) is 10.5. The van der Waals surface area contributed by atoms with Gasteiger partial charge in [-0.3, -0.25) is 9.59 Å². The van der Waals surface area contributed by atoms with Gasteiger partial charge in [0.1, 0.15) is 6.04 Å². The van der Waals surface area contributed by atoms with Gasteiger partial charge in [0.05, 0.1) is 29.2 Å². The van der Waals surface area contributed by atoms with Crippen LogP contribution in [0.4, 0.5) is 13.2 Å². The summed E-state index contributed by atoms with van der Waals surface area (Å²) in [6.07, 6.45) is -4.61. The maximum atomic E-state index is 13.4. The largest absolute Gasteiger partial charge is 0.467 e. The van der Waals surface area contributed by atoms with Gasteiger partial charge in [0, 0.05) is 25.0 Å². The molecule has 0 saturated carbocycles. The number of alkyl halides is 3. The molecule has 8 nitrogen and oxygen atoms in total. The molecule has 2 saturated heterocycles. The van der Waals surface area contributed by atoms with Crippen molar-refractivity contribution in [3.05, 3.63) is 29.8 Å². The van der Waals surface area contributed by atoms with Gasteiger partial charge in [-0.15, -0.1) is 0 Å². The molecular formula is C21H24F3NO7S2. The Labute approximate surface area is 199 Å². The first kappa shape index (κ1) is 26.5. The van der Waals surface area contributed by atoms with E-state index < -0.39 is 74.1 Å². The number of sulfone groups is 1. The number of hydrogen-bond acceptors (Lipinski definition) is 8. The maximum absolute atomic E-state index is 13.4. The first-order valence-corrected chi connectivity index (χ1v) is 12.9. The van der Waals surface area contributed by atoms with E-state index in [-0.39, 0.29) is 5.25 Å². The fourth-order valence-corrected chi connectivity index (χ4v) is 6.95. The third-order valence-corrected chi connectivity index (χ3v) is 9.16. The van der Waals surface area contributed by atoms with Crippen LogP contribution in [-0.2, 0) is 39.9 Å². The highest BCUT2D eigenvalue weighted by molar-refractivity contribution is 8.14. The van der Waals surface area contributed by atoms with Crippen LogP contribution in [0.5, 0.6) is 0 Å². The van der Waals surface area contributed by atoms with Gasteiger partial charge in [-0.2, -0.15) is 13.2 Å². The molecule has 13 heteroatoms. The summed E-state index contributed by atoms with van der Waals surface area (Å²) in [5.41, 5.74) is -1.32. The van der Waals surface area contributed by atoms with E-state index in [0.717, 1.165) is 35.9 Å². The summed E-state index contributed by atoms with van der Waals surface area (Å²) in [4.78, 5) is 37.5. The first-order chi connectivity index (χ1) is 15.9. The molecule has 0 bridgehead atoms. The van der Waals surface area contributed by atoms with E-state index in [1.54, 1.807) is 0 Å². The average Bonchev–Trinajstić information content (AvgIpc) is 3.25. The third kappa shape index (κ3) is 5.92. The van der Waals surface area contributed by atoms with E-state index in [0.29, 0.717) is 32.1 Å². The number of methoxy groups -OCH3 is 1. The van der Waals surface area contributed by atoms with Crippen LogP contribution in [0.2, 0.25) is 0 Å². The number of esters is 1. The summed E-state index contributed by atoms with van der Waals surface area (Å²) in [6, 6.07) is 2.43. The minimum Gasteiger partial charge on any atom is -0.467 e. The normalized spacial score (nSPS) is 21.9. The van der Waals surface area contributed by atoms with Crippen molar-refractivity contribution in [2.24, 2.45) is 0 Å². The van der Waals surface area contributed by atoms with Crippen LogP contribution in [0, 0.1) is 0 Å². The number of nitrogens with zero attached hydrogens (tertiary/aromatic N) is 1. The summed E-state index contributed by atoms with van der Waals surface area (Å²) < 4.78 is 76.4. The van der Waals surface area contributed by atoms with E-state index in [4.69, 9.17) is 4.74 Å². The van der Waals surface area contributed by atoms with Crippen molar-refractivity contribution in [1.29, 1.82) is 0 Å². The molecule has 2 atom stereocenters. The Morgan fingerprint density at radius 3 is 2.44 bits per heavy atom. The molecule has 0 radical (unpaired) electrons. The molecule has 2 unspecified atom stereocenters. The van der Waals surface area contributed by atoms with E-state index in [2.05, 4.69) is 4.74 Å². The predicted octanol–water partition coefficient (Wildman–Crippen LogP) is 2.45. The van der Waals surface area contributed by atoms with Crippen molar-refractivity contribution in [1.82, 2.24) is 4.90 Å². The molecule has 0 spiro atoms. The molecular weight excluding hydrogens is 499 g/mol. The Morgan fingerprint density at radius 2 is 1.82 bits per heavy atom. The highest BCUT2D eigenvalue weighted by Crippen LogP contribution is 2.38. The van der Waals surface area contributed by atoms with Crippen molar-refractivity contribution in [2.75, 3.05) is 26.9 Å². The van der Waals surface area contributed by atoms with Crippen molar-refractivity contribution in [3.63, 3.8) is 0 Å². The molecule has 188 valence electrons. The van der Waals surface area contributed by atoms with Crippen LogP contribution in [0.3, 0.4) is 0 Å². The van der Waals surface area contributed by atoms with Gasteiger partial charge in [-0.05, 0) is 31.4 Å². The Hall–Kier alpha value is -2.12. The Balaban J connectivity index is 1.80. The lowest BCUT2D eigenvalue weighted by atomic mass is 10.2. The van der Waals surface area contributed by atoms with Gasteiger partial charge in [0.25, 0.3) is 0 Å². The SMILES string of the molecule is COC(=O)C1CC(S(=O)(=O)c2ccccc2C(F)(F)F)CN1C(=O)CC(=O)SC1CCOCC1. The van der Waals surface area contributed by atoms with Gasteiger partial charge < -0.3 is 14.4 Å². The zero-order valence-corrected chi connectivity index (χ0v) is 19.9. The molecule has 34 heavy (non-hydrogen) atoms. The van der Waals surface area contributed by atoms with Crippen LogP contribution in [0.15, 0.2) is 29.2 Å². The molecule has 3 rings (SSSR count). The van der Waals surface area contributed by atoms with Crippen molar-refractivity contribution < 1.29 is 45.4 Å². The molecule has 0 aromatic heterocycles. The summed E-state index contributed by atoms with van der Waals surface area (Å²) in [5, 5.41) is -1.91. The average molecular weight is 524 g/mol. The van der Waals surface area contributed by atoms with Crippen molar-refractivity contribution >= 4 is 38.6 Å². The molecule has 1 aromatic carbocycles. The van der Waals surface area contributed by atoms with E-state index >= 15 is 0 Å². The predicted molar refractivity (Wildman–Crippen MR) is 116 cm³/mol. The molecule has 2 aliphatic rings. The van der Waals surface area contributed by atoms with Crippen LogP contribution in [0.25, 0.3) is 0 Å². The second-order valence-electron chi connectivity index (χ2n) is 7.96. The van der Waals surface area contributed by atoms with Crippen LogP contribution in [-0.4, -0.2) is 73.7 Å². The summed E-state index contributed by atoms with van der Waals surface area (Å²) in [7, 11) is -3.52. The molecule has 0 aliphatic carbocycles.